The fraction of sp³-hybridized carbons (Fsp3) is 0.353. The molecule has 8 nitrogen and oxygen atoms in total. The SMILES string of the molecule is COc1ccc(C)cc1NC(=O)c1cnc(NC2CCS(=O)(=O)C2)nc1. The van der Waals surface area contributed by atoms with Crippen molar-refractivity contribution < 1.29 is 17.9 Å². The first-order chi connectivity index (χ1) is 12.4. The second-order valence-electron chi connectivity index (χ2n) is 6.20. The van der Waals surface area contributed by atoms with Gasteiger partial charge in [-0.15, -0.1) is 0 Å². The summed E-state index contributed by atoms with van der Waals surface area (Å²) in [7, 11) is -1.44. The summed E-state index contributed by atoms with van der Waals surface area (Å²) in [5, 5.41) is 5.76. The highest BCUT2D eigenvalue weighted by molar-refractivity contribution is 7.91. The maximum absolute atomic E-state index is 12.4. The monoisotopic (exact) mass is 376 g/mol. The molecule has 0 saturated carbocycles. The molecule has 0 bridgehead atoms. The predicted molar refractivity (Wildman–Crippen MR) is 98.4 cm³/mol. The van der Waals surface area contributed by atoms with Gasteiger partial charge in [0, 0.05) is 18.4 Å². The van der Waals surface area contributed by atoms with Crippen molar-refractivity contribution in [1.29, 1.82) is 0 Å². The van der Waals surface area contributed by atoms with Crippen LogP contribution >= 0.6 is 0 Å². The fourth-order valence-corrected chi connectivity index (χ4v) is 4.40. The molecule has 1 aliphatic heterocycles. The Labute approximate surface area is 151 Å². The van der Waals surface area contributed by atoms with E-state index in [2.05, 4.69) is 20.6 Å². The molecule has 1 amide bonds. The van der Waals surface area contributed by atoms with Gasteiger partial charge in [-0.1, -0.05) is 6.07 Å². The first-order valence-corrected chi connectivity index (χ1v) is 9.93. The Balaban J connectivity index is 1.67. The van der Waals surface area contributed by atoms with Gasteiger partial charge in [-0.3, -0.25) is 4.79 Å². The zero-order chi connectivity index (χ0) is 18.7. The molecule has 2 aromatic rings. The normalized spacial score (nSPS) is 18.3. The zero-order valence-corrected chi connectivity index (χ0v) is 15.3. The van der Waals surface area contributed by atoms with E-state index in [1.54, 1.807) is 6.07 Å². The van der Waals surface area contributed by atoms with Crippen molar-refractivity contribution in [1.82, 2.24) is 9.97 Å². The number of aryl methyl sites for hydroxylation is 1. The number of nitrogens with zero attached hydrogens (tertiary/aromatic N) is 2. The summed E-state index contributed by atoms with van der Waals surface area (Å²) < 4.78 is 28.2. The lowest BCUT2D eigenvalue weighted by molar-refractivity contribution is 0.102. The third kappa shape index (κ3) is 4.29. The number of sulfone groups is 1. The van der Waals surface area contributed by atoms with E-state index in [1.807, 2.05) is 19.1 Å². The molecule has 1 atom stereocenters. The van der Waals surface area contributed by atoms with Crippen LogP contribution in [-0.2, 0) is 9.84 Å². The minimum Gasteiger partial charge on any atom is -0.495 e. The number of rotatable bonds is 5. The summed E-state index contributed by atoms with van der Waals surface area (Å²) in [6.07, 6.45) is 3.33. The average molecular weight is 376 g/mol. The van der Waals surface area contributed by atoms with Crippen LogP contribution < -0.4 is 15.4 Å². The molecule has 138 valence electrons. The molecule has 1 fully saturated rings. The molecule has 0 aliphatic carbocycles. The Bertz CT molecular complexity index is 913. The van der Waals surface area contributed by atoms with Crippen LogP contribution in [0.2, 0.25) is 0 Å². The van der Waals surface area contributed by atoms with E-state index in [0.29, 0.717) is 23.8 Å². The van der Waals surface area contributed by atoms with E-state index in [1.165, 1.54) is 19.5 Å². The Morgan fingerprint density at radius 2 is 2.00 bits per heavy atom. The number of ether oxygens (including phenoxy) is 1. The van der Waals surface area contributed by atoms with Crippen LogP contribution in [0.5, 0.6) is 5.75 Å². The van der Waals surface area contributed by atoms with Gasteiger partial charge in [-0.05, 0) is 31.0 Å². The van der Waals surface area contributed by atoms with E-state index in [4.69, 9.17) is 4.74 Å². The van der Waals surface area contributed by atoms with E-state index >= 15 is 0 Å². The summed E-state index contributed by atoms with van der Waals surface area (Å²) in [5.74, 6) is 0.751. The Morgan fingerprint density at radius 3 is 2.62 bits per heavy atom. The highest BCUT2D eigenvalue weighted by Crippen LogP contribution is 2.25. The van der Waals surface area contributed by atoms with Crippen LogP contribution in [0.3, 0.4) is 0 Å². The Morgan fingerprint density at radius 1 is 1.27 bits per heavy atom. The standard InChI is InChI=1S/C17H20N4O4S/c1-11-3-4-15(25-2)14(7-11)21-16(22)12-8-18-17(19-9-12)20-13-5-6-26(23,24)10-13/h3-4,7-9,13H,5-6,10H2,1-2H3,(H,21,22)(H,18,19,20). The van der Waals surface area contributed by atoms with Gasteiger partial charge >= 0.3 is 0 Å². The summed E-state index contributed by atoms with van der Waals surface area (Å²) >= 11 is 0. The van der Waals surface area contributed by atoms with Crippen LogP contribution in [-0.4, -0.2) is 49.0 Å². The number of nitrogens with one attached hydrogen (secondary N) is 2. The van der Waals surface area contributed by atoms with Crippen LogP contribution in [0.15, 0.2) is 30.6 Å². The van der Waals surface area contributed by atoms with Crippen molar-refractivity contribution in [2.45, 2.75) is 19.4 Å². The Kier molecular flexibility index (Phi) is 5.08. The van der Waals surface area contributed by atoms with Crippen molar-refractivity contribution in [2.24, 2.45) is 0 Å². The van der Waals surface area contributed by atoms with Crippen LogP contribution in [0.4, 0.5) is 11.6 Å². The van der Waals surface area contributed by atoms with Gasteiger partial charge in [0.25, 0.3) is 5.91 Å². The maximum atomic E-state index is 12.4. The molecule has 1 saturated heterocycles. The van der Waals surface area contributed by atoms with Gasteiger partial charge < -0.3 is 15.4 Å². The lowest BCUT2D eigenvalue weighted by atomic mass is 10.2. The van der Waals surface area contributed by atoms with Gasteiger partial charge in [0.2, 0.25) is 5.95 Å². The van der Waals surface area contributed by atoms with Gasteiger partial charge in [0.1, 0.15) is 5.75 Å². The minimum atomic E-state index is -2.98. The number of hydrogen-bond acceptors (Lipinski definition) is 7. The average Bonchev–Trinajstić information content (AvgIpc) is 2.94. The predicted octanol–water partition coefficient (Wildman–Crippen LogP) is 1.64. The van der Waals surface area contributed by atoms with Crippen molar-refractivity contribution in [2.75, 3.05) is 29.2 Å². The topological polar surface area (TPSA) is 110 Å². The van der Waals surface area contributed by atoms with Crippen molar-refractivity contribution >= 4 is 27.4 Å². The van der Waals surface area contributed by atoms with Crippen LogP contribution in [0.1, 0.15) is 22.3 Å². The quantitative estimate of drug-likeness (QED) is 0.816. The molecule has 1 aromatic carbocycles. The minimum absolute atomic E-state index is 0.0751. The molecule has 1 unspecified atom stereocenters. The summed E-state index contributed by atoms with van der Waals surface area (Å²) in [5.41, 5.74) is 1.84. The molecule has 26 heavy (non-hydrogen) atoms. The molecular formula is C17H20N4O4S. The lowest BCUT2D eigenvalue weighted by Crippen LogP contribution is -2.22. The zero-order valence-electron chi connectivity index (χ0n) is 14.5. The largest absolute Gasteiger partial charge is 0.495 e. The smallest absolute Gasteiger partial charge is 0.258 e. The molecule has 1 aromatic heterocycles. The van der Waals surface area contributed by atoms with Gasteiger partial charge in [0.05, 0.1) is 29.9 Å². The van der Waals surface area contributed by atoms with Gasteiger partial charge in [-0.25, -0.2) is 18.4 Å². The molecule has 3 rings (SSSR count). The second kappa shape index (κ2) is 7.28. The summed E-state index contributed by atoms with van der Waals surface area (Å²) in [6.45, 7) is 1.92. The first kappa shape index (κ1) is 18.1. The molecule has 2 heterocycles. The number of anilines is 2. The van der Waals surface area contributed by atoms with Crippen molar-refractivity contribution in [3.63, 3.8) is 0 Å². The fourth-order valence-electron chi connectivity index (χ4n) is 2.73. The Hall–Kier alpha value is -2.68. The first-order valence-electron chi connectivity index (χ1n) is 8.11. The number of carbonyl (C=O) groups is 1. The highest BCUT2D eigenvalue weighted by Gasteiger charge is 2.28. The van der Waals surface area contributed by atoms with Crippen LogP contribution in [0, 0.1) is 6.92 Å². The second-order valence-corrected chi connectivity index (χ2v) is 8.43. The summed E-state index contributed by atoms with van der Waals surface area (Å²) in [4.78, 5) is 20.6. The van der Waals surface area contributed by atoms with E-state index < -0.39 is 9.84 Å². The molecule has 0 spiro atoms. The molecular weight excluding hydrogens is 356 g/mol. The lowest BCUT2D eigenvalue weighted by Gasteiger charge is -2.12. The number of amides is 1. The highest BCUT2D eigenvalue weighted by atomic mass is 32.2. The third-order valence-corrected chi connectivity index (χ3v) is 5.85. The van der Waals surface area contributed by atoms with Gasteiger partial charge in [0.15, 0.2) is 9.84 Å². The third-order valence-electron chi connectivity index (χ3n) is 4.08. The molecule has 2 N–H and O–H groups in total. The van der Waals surface area contributed by atoms with E-state index in [-0.39, 0.29) is 29.0 Å². The van der Waals surface area contributed by atoms with Crippen molar-refractivity contribution in [3.8, 4) is 5.75 Å². The maximum Gasteiger partial charge on any atom is 0.258 e. The molecule has 1 aliphatic rings. The van der Waals surface area contributed by atoms with E-state index in [0.717, 1.165) is 5.56 Å². The van der Waals surface area contributed by atoms with Gasteiger partial charge in [-0.2, -0.15) is 0 Å². The number of hydrogen-bond donors (Lipinski definition) is 2. The number of aromatic nitrogens is 2. The van der Waals surface area contributed by atoms with E-state index in [9.17, 15) is 13.2 Å². The number of methoxy groups -OCH3 is 1. The number of benzene rings is 1. The van der Waals surface area contributed by atoms with Crippen molar-refractivity contribution in [3.05, 3.63) is 41.7 Å². The van der Waals surface area contributed by atoms with Crippen LogP contribution in [0.25, 0.3) is 0 Å². The molecule has 0 radical (unpaired) electrons. The number of carbonyl (C=O) groups excluding carboxylic acids is 1. The summed E-state index contributed by atoms with van der Waals surface area (Å²) in [6, 6.07) is 5.29. The molecule has 9 heteroatoms.